The molecule has 1 heterocycles. The average molecular weight is 423 g/mol. The Bertz CT molecular complexity index is 1040. The predicted molar refractivity (Wildman–Crippen MR) is 120 cm³/mol. The predicted octanol–water partition coefficient (Wildman–Crippen LogP) is 4.66. The second kappa shape index (κ2) is 9.89. The zero-order valence-electron chi connectivity index (χ0n) is 16.9. The number of para-hydroxylation sites is 1. The fourth-order valence-corrected chi connectivity index (χ4v) is 3.10. The van der Waals surface area contributed by atoms with Crippen LogP contribution < -0.4 is 5.32 Å². The number of nitrogens with one attached hydrogen (secondary N) is 1. The van der Waals surface area contributed by atoms with E-state index < -0.39 is 0 Å². The minimum absolute atomic E-state index is 0.181. The molecule has 2 aromatic carbocycles. The molecule has 0 aliphatic rings. The Kier molecular flexibility index (Phi) is 7.03. The van der Waals surface area contributed by atoms with Gasteiger partial charge in [-0.25, -0.2) is 4.68 Å². The van der Waals surface area contributed by atoms with Crippen molar-refractivity contribution < 1.29 is 9.59 Å². The normalized spacial score (nSPS) is 10.9. The Labute approximate surface area is 180 Å². The Balaban J connectivity index is 1.92. The minimum Gasteiger partial charge on any atom is -0.339 e. The average Bonchev–Trinajstić information content (AvgIpc) is 3.18. The topological polar surface area (TPSA) is 67.2 Å². The SMILES string of the molecule is CCN(CC)C(=O)c1cnn(-c2ccccc2)c1NC(=O)/C=C/c1ccc(Cl)cc1. The number of nitrogens with zero attached hydrogens (tertiary/aromatic N) is 3. The fourth-order valence-electron chi connectivity index (χ4n) is 2.98. The third kappa shape index (κ3) is 4.96. The van der Waals surface area contributed by atoms with Crippen LogP contribution in [0.3, 0.4) is 0 Å². The van der Waals surface area contributed by atoms with Gasteiger partial charge in [0.2, 0.25) is 5.91 Å². The van der Waals surface area contributed by atoms with E-state index in [1.807, 2.05) is 56.3 Å². The van der Waals surface area contributed by atoms with E-state index in [1.165, 1.54) is 12.3 Å². The van der Waals surface area contributed by atoms with Gasteiger partial charge in [0.15, 0.2) is 0 Å². The summed E-state index contributed by atoms with van der Waals surface area (Å²) in [5.74, 6) is -0.209. The summed E-state index contributed by atoms with van der Waals surface area (Å²) in [6, 6.07) is 16.5. The van der Waals surface area contributed by atoms with Gasteiger partial charge in [-0.1, -0.05) is 41.9 Å². The van der Waals surface area contributed by atoms with E-state index in [1.54, 1.807) is 27.8 Å². The standard InChI is InChI=1S/C23H23ClN4O2/c1-3-27(4-2)23(30)20-16-25-28(19-8-6-5-7-9-19)22(20)26-21(29)15-12-17-10-13-18(24)14-11-17/h5-16H,3-4H2,1-2H3,(H,26,29)/b15-12+. The van der Waals surface area contributed by atoms with Gasteiger partial charge in [-0.15, -0.1) is 0 Å². The number of benzene rings is 2. The number of hydrogen-bond acceptors (Lipinski definition) is 3. The summed E-state index contributed by atoms with van der Waals surface area (Å²) in [5, 5.41) is 7.81. The van der Waals surface area contributed by atoms with Crippen molar-refractivity contribution in [1.29, 1.82) is 0 Å². The van der Waals surface area contributed by atoms with Gasteiger partial charge >= 0.3 is 0 Å². The monoisotopic (exact) mass is 422 g/mol. The van der Waals surface area contributed by atoms with Gasteiger partial charge < -0.3 is 10.2 Å². The van der Waals surface area contributed by atoms with Crippen LogP contribution in [0.25, 0.3) is 11.8 Å². The van der Waals surface area contributed by atoms with Crippen molar-refractivity contribution in [2.45, 2.75) is 13.8 Å². The van der Waals surface area contributed by atoms with Crippen LogP contribution in [0.4, 0.5) is 5.82 Å². The van der Waals surface area contributed by atoms with E-state index in [2.05, 4.69) is 10.4 Å². The molecule has 0 saturated heterocycles. The number of amides is 2. The zero-order chi connectivity index (χ0) is 21.5. The maximum absolute atomic E-state index is 13.0. The minimum atomic E-state index is -0.365. The number of hydrogen-bond donors (Lipinski definition) is 1. The maximum Gasteiger partial charge on any atom is 0.259 e. The van der Waals surface area contributed by atoms with Crippen LogP contribution in [0.5, 0.6) is 0 Å². The molecule has 3 aromatic rings. The number of halogens is 1. The van der Waals surface area contributed by atoms with Gasteiger partial charge in [0.1, 0.15) is 11.4 Å². The first-order chi connectivity index (χ1) is 14.5. The lowest BCUT2D eigenvalue weighted by molar-refractivity contribution is -0.111. The summed E-state index contributed by atoms with van der Waals surface area (Å²) >= 11 is 5.89. The molecule has 0 bridgehead atoms. The van der Waals surface area contributed by atoms with Gasteiger partial charge in [0.25, 0.3) is 5.91 Å². The molecule has 2 amide bonds. The highest BCUT2D eigenvalue weighted by molar-refractivity contribution is 6.30. The van der Waals surface area contributed by atoms with Crippen molar-refractivity contribution in [3.63, 3.8) is 0 Å². The summed E-state index contributed by atoms with van der Waals surface area (Å²) in [6.45, 7) is 4.96. The first-order valence-corrected chi connectivity index (χ1v) is 10.1. The first kappa shape index (κ1) is 21.3. The molecule has 154 valence electrons. The van der Waals surface area contributed by atoms with Crippen LogP contribution >= 0.6 is 11.6 Å². The van der Waals surface area contributed by atoms with Crippen LogP contribution in [-0.2, 0) is 4.79 Å². The summed E-state index contributed by atoms with van der Waals surface area (Å²) in [5.41, 5.74) is 1.93. The second-order valence-corrected chi connectivity index (χ2v) is 6.94. The van der Waals surface area contributed by atoms with E-state index in [4.69, 9.17) is 11.6 Å². The molecule has 0 aliphatic heterocycles. The molecule has 1 aromatic heterocycles. The van der Waals surface area contributed by atoms with Crippen LogP contribution in [0.1, 0.15) is 29.8 Å². The molecule has 30 heavy (non-hydrogen) atoms. The Morgan fingerprint density at radius 2 is 1.73 bits per heavy atom. The quantitative estimate of drug-likeness (QED) is 0.563. The van der Waals surface area contributed by atoms with Gasteiger partial charge in [-0.2, -0.15) is 5.10 Å². The molecule has 7 heteroatoms. The lowest BCUT2D eigenvalue weighted by Gasteiger charge is -2.19. The Morgan fingerprint density at radius 3 is 2.37 bits per heavy atom. The van der Waals surface area contributed by atoms with Crippen LogP contribution in [0.2, 0.25) is 5.02 Å². The molecule has 0 fully saturated rings. The molecule has 3 rings (SSSR count). The van der Waals surface area contributed by atoms with Gasteiger partial charge in [0, 0.05) is 24.2 Å². The van der Waals surface area contributed by atoms with Crippen LogP contribution in [0, 0.1) is 0 Å². The zero-order valence-corrected chi connectivity index (χ0v) is 17.6. The number of aromatic nitrogens is 2. The van der Waals surface area contributed by atoms with Crippen molar-refractivity contribution in [3.8, 4) is 5.69 Å². The molecule has 0 spiro atoms. The maximum atomic E-state index is 13.0. The molecule has 0 aliphatic carbocycles. The second-order valence-electron chi connectivity index (χ2n) is 6.51. The Hall–Kier alpha value is -3.38. The van der Waals surface area contributed by atoms with Crippen LogP contribution in [0.15, 0.2) is 66.9 Å². The number of rotatable bonds is 7. The molecule has 6 nitrogen and oxygen atoms in total. The van der Waals surface area contributed by atoms with Gasteiger partial charge in [-0.05, 0) is 49.8 Å². The van der Waals surface area contributed by atoms with Crippen LogP contribution in [-0.4, -0.2) is 39.6 Å². The largest absolute Gasteiger partial charge is 0.339 e. The van der Waals surface area contributed by atoms with E-state index in [-0.39, 0.29) is 11.8 Å². The number of anilines is 1. The van der Waals surface area contributed by atoms with Crippen molar-refractivity contribution in [1.82, 2.24) is 14.7 Å². The summed E-state index contributed by atoms with van der Waals surface area (Å²) in [4.78, 5) is 27.3. The van der Waals surface area contributed by atoms with Gasteiger partial charge in [0.05, 0.1) is 11.9 Å². The molecule has 1 N–H and O–H groups in total. The van der Waals surface area contributed by atoms with Gasteiger partial charge in [-0.3, -0.25) is 9.59 Å². The smallest absolute Gasteiger partial charge is 0.259 e. The fraction of sp³-hybridized carbons (Fsp3) is 0.174. The lowest BCUT2D eigenvalue weighted by atomic mass is 10.2. The highest BCUT2D eigenvalue weighted by Gasteiger charge is 2.23. The molecule has 0 radical (unpaired) electrons. The number of carbonyl (C=O) groups excluding carboxylic acids is 2. The van der Waals surface area contributed by atoms with E-state index in [0.717, 1.165) is 11.3 Å². The summed E-state index contributed by atoms with van der Waals surface area (Å²) < 4.78 is 1.56. The van der Waals surface area contributed by atoms with Crippen molar-refractivity contribution in [3.05, 3.63) is 83.0 Å². The van der Waals surface area contributed by atoms with E-state index in [0.29, 0.717) is 29.5 Å². The molecule has 0 saturated carbocycles. The third-order valence-corrected chi connectivity index (χ3v) is 4.84. The first-order valence-electron chi connectivity index (χ1n) is 9.70. The summed E-state index contributed by atoms with van der Waals surface area (Å²) in [7, 11) is 0. The molecule has 0 atom stereocenters. The van der Waals surface area contributed by atoms with E-state index >= 15 is 0 Å². The van der Waals surface area contributed by atoms with E-state index in [9.17, 15) is 9.59 Å². The molecule has 0 unspecified atom stereocenters. The third-order valence-electron chi connectivity index (χ3n) is 4.59. The summed E-state index contributed by atoms with van der Waals surface area (Å²) in [6.07, 6.45) is 4.59. The van der Waals surface area contributed by atoms with Crippen molar-refractivity contribution in [2.75, 3.05) is 18.4 Å². The molecular formula is C23H23ClN4O2. The van der Waals surface area contributed by atoms with Crippen molar-refractivity contribution in [2.24, 2.45) is 0 Å². The molecular weight excluding hydrogens is 400 g/mol. The highest BCUT2D eigenvalue weighted by atomic mass is 35.5. The highest BCUT2D eigenvalue weighted by Crippen LogP contribution is 2.22. The number of carbonyl (C=O) groups is 2. The van der Waals surface area contributed by atoms with Crippen molar-refractivity contribution >= 4 is 35.3 Å². The lowest BCUT2D eigenvalue weighted by Crippen LogP contribution is -2.31. The Morgan fingerprint density at radius 1 is 1.07 bits per heavy atom.